The molecule has 1 aliphatic carbocycles. The molecule has 2 heterocycles. The van der Waals surface area contributed by atoms with E-state index >= 15 is 0 Å². The van der Waals surface area contributed by atoms with Crippen LogP contribution in [0.25, 0.3) is 0 Å². The van der Waals surface area contributed by atoms with Gasteiger partial charge in [-0.25, -0.2) is 0 Å². The molecule has 1 fully saturated rings. The lowest BCUT2D eigenvalue weighted by Gasteiger charge is -2.14. The van der Waals surface area contributed by atoms with E-state index in [1.54, 1.807) is 11.9 Å². The molecule has 1 aliphatic heterocycles. The number of fused-ring (bicyclic) bond motifs is 1. The second kappa shape index (κ2) is 4.68. The summed E-state index contributed by atoms with van der Waals surface area (Å²) in [7, 11) is 1.60. The van der Waals surface area contributed by atoms with Crippen molar-refractivity contribution in [1.82, 2.24) is 9.47 Å². The van der Waals surface area contributed by atoms with E-state index in [1.807, 2.05) is 0 Å². The zero-order valence-corrected chi connectivity index (χ0v) is 11.7. The highest BCUT2D eigenvalue weighted by Crippen LogP contribution is 2.34. The van der Waals surface area contributed by atoms with Gasteiger partial charge < -0.3 is 19.7 Å². The molecule has 0 bridgehead atoms. The van der Waals surface area contributed by atoms with Crippen LogP contribution in [0, 0.1) is 0 Å². The van der Waals surface area contributed by atoms with Crippen LogP contribution >= 0.6 is 0 Å². The number of nitrogens with zero attached hydrogens (tertiary/aromatic N) is 2. The van der Waals surface area contributed by atoms with E-state index in [4.69, 9.17) is 0 Å². The minimum atomic E-state index is -1.05. The lowest BCUT2D eigenvalue weighted by Crippen LogP contribution is -2.22. The molecule has 1 aromatic rings. The number of Topliss-reactive ketones (excluding diaryl/α,β-unsaturated/α-hetero) is 1. The summed E-state index contributed by atoms with van der Waals surface area (Å²) in [5.41, 5.74) is 1.41. The molecule has 0 radical (unpaired) electrons. The highest BCUT2D eigenvalue weighted by Gasteiger charge is 2.39. The first-order chi connectivity index (χ1) is 10.0. The summed E-state index contributed by atoms with van der Waals surface area (Å²) in [6, 6.07) is 0. The van der Waals surface area contributed by atoms with Gasteiger partial charge in [-0.2, -0.15) is 0 Å². The van der Waals surface area contributed by atoms with Crippen molar-refractivity contribution in [3.05, 3.63) is 46.9 Å². The van der Waals surface area contributed by atoms with E-state index in [0.717, 1.165) is 13.1 Å². The van der Waals surface area contributed by atoms with Crippen molar-refractivity contribution in [3.63, 3.8) is 0 Å². The predicted molar refractivity (Wildman–Crippen MR) is 74.8 cm³/mol. The standard InChI is InChI=1S/C15H16N2O4/c1-3-10(19)13-8(7-18)12-14(16(13)2)11(20)6-9(15(12)21)17-4-5-17/h3,6,10,18-19H,1,4-5,7H2,2H3. The third-order valence-electron chi connectivity index (χ3n) is 3.95. The molecule has 1 atom stereocenters. The highest BCUT2D eigenvalue weighted by atomic mass is 16.3. The third kappa shape index (κ3) is 1.87. The van der Waals surface area contributed by atoms with Crippen molar-refractivity contribution in [2.75, 3.05) is 13.1 Å². The molecule has 0 aromatic carbocycles. The molecular formula is C15H16N2O4. The van der Waals surface area contributed by atoms with E-state index in [-0.39, 0.29) is 22.8 Å². The molecule has 1 saturated heterocycles. The van der Waals surface area contributed by atoms with Gasteiger partial charge >= 0.3 is 0 Å². The number of ketones is 2. The molecule has 1 unspecified atom stereocenters. The summed E-state index contributed by atoms with van der Waals surface area (Å²) < 4.78 is 1.48. The smallest absolute Gasteiger partial charge is 0.211 e. The van der Waals surface area contributed by atoms with Crippen molar-refractivity contribution in [3.8, 4) is 0 Å². The van der Waals surface area contributed by atoms with Crippen LogP contribution in [-0.4, -0.2) is 44.3 Å². The number of rotatable bonds is 4. The zero-order valence-electron chi connectivity index (χ0n) is 11.7. The van der Waals surface area contributed by atoms with E-state index in [1.165, 1.54) is 16.7 Å². The Hall–Kier alpha value is -2.18. The van der Waals surface area contributed by atoms with Gasteiger partial charge in [0.15, 0.2) is 0 Å². The topological polar surface area (TPSA) is 82.5 Å². The van der Waals surface area contributed by atoms with E-state index in [2.05, 4.69) is 6.58 Å². The average Bonchev–Trinajstić information content (AvgIpc) is 3.25. The number of aliphatic hydroxyl groups excluding tert-OH is 2. The molecule has 1 aromatic heterocycles. The number of carbonyl (C=O) groups is 2. The Morgan fingerprint density at radius 3 is 2.62 bits per heavy atom. The summed E-state index contributed by atoms with van der Waals surface area (Å²) >= 11 is 0. The van der Waals surface area contributed by atoms with E-state index < -0.39 is 12.7 Å². The predicted octanol–water partition coefficient (Wildman–Crippen LogP) is 0.315. The summed E-state index contributed by atoms with van der Waals surface area (Å²) in [6.45, 7) is 4.60. The molecule has 2 N–H and O–H groups in total. The third-order valence-corrected chi connectivity index (χ3v) is 3.95. The van der Waals surface area contributed by atoms with Crippen LogP contribution in [-0.2, 0) is 13.7 Å². The first kappa shape index (κ1) is 13.8. The number of hydrogen-bond acceptors (Lipinski definition) is 5. The van der Waals surface area contributed by atoms with Crippen LogP contribution in [0.1, 0.15) is 38.2 Å². The maximum Gasteiger partial charge on any atom is 0.211 e. The molecule has 110 valence electrons. The van der Waals surface area contributed by atoms with Crippen molar-refractivity contribution < 1.29 is 19.8 Å². The maximum absolute atomic E-state index is 12.6. The molecular weight excluding hydrogens is 272 g/mol. The number of allylic oxidation sites excluding steroid dienone is 2. The minimum Gasteiger partial charge on any atom is -0.392 e. The van der Waals surface area contributed by atoms with Crippen molar-refractivity contribution in [2.24, 2.45) is 7.05 Å². The largest absolute Gasteiger partial charge is 0.392 e. The first-order valence-corrected chi connectivity index (χ1v) is 6.69. The second-order valence-electron chi connectivity index (χ2n) is 5.20. The summed E-state index contributed by atoms with van der Waals surface area (Å²) in [4.78, 5) is 26.7. The van der Waals surface area contributed by atoms with Gasteiger partial charge in [-0.05, 0) is 0 Å². The number of carbonyl (C=O) groups excluding carboxylic acids is 2. The summed E-state index contributed by atoms with van der Waals surface area (Å²) in [6.07, 6.45) is 1.59. The second-order valence-corrected chi connectivity index (χ2v) is 5.20. The Morgan fingerprint density at radius 1 is 1.43 bits per heavy atom. The van der Waals surface area contributed by atoms with Crippen LogP contribution in [0.4, 0.5) is 0 Å². The minimum absolute atomic E-state index is 0.199. The lowest BCUT2D eigenvalue weighted by molar-refractivity contribution is 0.0964. The summed E-state index contributed by atoms with van der Waals surface area (Å²) in [5.74, 6) is -0.560. The van der Waals surface area contributed by atoms with Gasteiger partial charge in [-0.15, -0.1) is 6.58 Å². The van der Waals surface area contributed by atoms with Gasteiger partial charge in [0.05, 0.1) is 23.6 Å². The fourth-order valence-corrected chi connectivity index (χ4v) is 2.86. The Labute approximate surface area is 121 Å². The van der Waals surface area contributed by atoms with Crippen molar-refractivity contribution >= 4 is 11.6 Å². The molecule has 3 rings (SSSR count). The van der Waals surface area contributed by atoms with Gasteiger partial charge in [-0.3, -0.25) is 9.59 Å². The Bertz CT molecular complexity index is 695. The lowest BCUT2D eigenvalue weighted by atomic mass is 9.94. The van der Waals surface area contributed by atoms with Crippen LogP contribution in [0.3, 0.4) is 0 Å². The van der Waals surface area contributed by atoms with Crippen molar-refractivity contribution in [1.29, 1.82) is 0 Å². The SMILES string of the molecule is C=CC(O)c1c(CO)c2c(n1C)C(=O)C=C(N1CC1)C2=O. The van der Waals surface area contributed by atoms with Gasteiger partial charge in [0, 0.05) is 31.8 Å². The van der Waals surface area contributed by atoms with Crippen LogP contribution in [0.15, 0.2) is 24.4 Å². The van der Waals surface area contributed by atoms with Crippen LogP contribution < -0.4 is 0 Å². The van der Waals surface area contributed by atoms with Crippen LogP contribution in [0.2, 0.25) is 0 Å². The van der Waals surface area contributed by atoms with E-state index in [9.17, 15) is 19.8 Å². The number of hydrogen-bond donors (Lipinski definition) is 2. The van der Waals surface area contributed by atoms with Crippen molar-refractivity contribution in [2.45, 2.75) is 12.7 Å². The maximum atomic E-state index is 12.6. The Kier molecular flexibility index (Phi) is 3.07. The number of aromatic nitrogens is 1. The summed E-state index contributed by atoms with van der Waals surface area (Å²) in [5, 5.41) is 19.7. The normalized spacial score (nSPS) is 18.4. The molecule has 0 spiro atoms. The fraction of sp³-hybridized carbons (Fsp3) is 0.333. The van der Waals surface area contributed by atoms with Gasteiger partial charge in [0.2, 0.25) is 11.6 Å². The first-order valence-electron chi connectivity index (χ1n) is 6.69. The Balaban J connectivity index is 2.24. The van der Waals surface area contributed by atoms with Crippen LogP contribution in [0.5, 0.6) is 0 Å². The molecule has 21 heavy (non-hydrogen) atoms. The van der Waals surface area contributed by atoms with E-state index in [0.29, 0.717) is 17.0 Å². The van der Waals surface area contributed by atoms with Gasteiger partial charge in [0.1, 0.15) is 11.8 Å². The molecule has 2 aliphatic rings. The molecule has 6 nitrogen and oxygen atoms in total. The highest BCUT2D eigenvalue weighted by molar-refractivity contribution is 6.24. The molecule has 0 saturated carbocycles. The molecule has 6 heteroatoms. The Morgan fingerprint density at radius 2 is 2.10 bits per heavy atom. The quantitative estimate of drug-likeness (QED) is 0.616. The monoisotopic (exact) mass is 288 g/mol. The zero-order chi connectivity index (χ0) is 15.3. The van der Waals surface area contributed by atoms with Gasteiger partial charge in [0.25, 0.3) is 0 Å². The number of aliphatic hydroxyl groups is 2. The van der Waals surface area contributed by atoms with Gasteiger partial charge in [-0.1, -0.05) is 6.08 Å². The average molecular weight is 288 g/mol. The fourth-order valence-electron chi connectivity index (χ4n) is 2.86. The molecule has 0 amide bonds.